The Labute approximate surface area is 152 Å². The smallest absolute Gasteiger partial charge is 0.243 e. The van der Waals surface area contributed by atoms with Gasteiger partial charge in [-0.05, 0) is 45.4 Å². The molecule has 2 N–H and O–H groups in total. The lowest BCUT2D eigenvalue weighted by Gasteiger charge is -2.22. The first kappa shape index (κ1) is 21.6. The van der Waals surface area contributed by atoms with Crippen molar-refractivity contribution in [1.29, 1.82) is 0 Å². The van der Waals surface area contributed by atoms with Gasteiger partial charge in [-0.1, -0.05) is 26.0 Å². The number of hydrogen-bond donors (Lipinski definition) is 2. The van der Waals surface area contributed by atoms with Crippen molar-refractivity contribution in [2.45, 2.75) is 64.6 Å². The second kappa shape index (κ2) is 9.31. The summed E-state index contributed by atoms with van der Waals surface area (Å²) in [5.74, 6) is -0.0532. The van der Waals surface area contributed by atoms with Gasteiger partial charge in [0.05, 0.1) is 10.9 Å². The molecule has 0 saturated carbocycles. The van der Waals surface area contributed by atoms with E-state index in [1.54, 1.807) is 24.3 Å². The highest BCUT2D eigenvalue weighted by Crippen LogP contribution is 2.19. The van der Waals surface area contributed by atoms with Crippen LogP contribution in [0.5, 0.6) is 0 Å². The third-order valence-corrected chi connectivity index (χ3v) is 6.11. The highest BCUT2D eigenvalue weighted by molar-refractivity contribution is 7.89. The zero-order valence-electron chi connectivity index (χ0n) is 16.0. The van der Waals surface area contributed by atoms with Crippen LogP contribution in [0.2, 0.25) is 0 Å². The summed E-state index contributed by atoms with van der Waals surface area (Å²) in [7, 11) is -3.44. The average Bonchev–Trinajstić information content (AvgIpc) is 2.55. The van der Waals surface area contributed by atoms with Crippen molar-refractivity contribution in [3.8, 4) is 0 Å². The molecule has 25 heavy (non-hydrogen) atoms. The molecule has 0 aliphatic carbocycles. The van der Waals surface area contributed by atoms with Crippen LogP contribution in [-0.4, -0.2) is 43.8 Å². The molecule has 0 spiro atoms. The number of sulfonamides is 1. The Balaban J connectivity index is 2.84. The largest absolute Gasteiger partial charge is 0.353 e. The molecule has 1 aromatic carbocycles. The van der Waals surface area contributed by atoms with E-state index >= 15 is 0 Å². The summed E-state index contributed by atoms with van der Waals surface area (Å²) in [6.07, 6.45) is 0. The van der Waals surface area contributed by atoms with Gasteiger partial charge >= 0.3 is 0 Å². The van der Waals surface area contributed by atoms with Gasteiger partial charge in [0.2, 0.25) is 15.9 Å². The molecule has 142 valence electrons. The molecule has 1 rings (SSSR count). The number of carbonyl (C=O) groups excluding carboxylic acids is 1. The molecule has 0 radical (unpaired) electrons. The zero-order chi connectivity index (χ0) is 19.2. The van der Waals surface area contributed by atoms with E-state index < -0.39 is 10.0 Å². The molecule has 0 fully saturated rings. The Morgan fingerprint density at radius 2 is 1.56 bits per heavy atom. The number of benzene rings is 1. The van der Waals surface area contributed by atoms with Crippen LogP contribution in [-0.2, 0) is 14.8 Å². The molecule has 0 aliphatic rings. The predicted octanol–water partition coefficient (Wildman–Crippen LogP) is 2.28. The first-order valence-corrected chi connectivity index (χ1v) is 10.2. The third kappa shape index (κ3) is 5.80. The molecule has 0 aromatic heterocycles. The van der Waals surface area contributed by atoms with Crippen LogP contribution < -0.4 is 10.6 Å². The first-order valence-electron chi connectivity index (χ1n) is 8.79. The summed E-state index contributed by atoms with van der Waals surface area (Å²) in [6, 6.07) is 6.52. The summed E-state index contributed by atoms with van der Waals surface area (Å²) in [5.41, 5.74) is 0.933. The maximum Gasteiger partial charge on any atom is 0.243 e. The Morgan fingerprint density at radius 1 is 1.04 bits per heavy atom. The van der Waals surface area contributed by atoms with Gasteiger partial charge in [0, 0.05) is 25.2 Å². The van der Waals surface area contributed by atoms with Crippen molar-refractivity contribution in [3.63, 3.8) is 0 Å². The van der Waals surface area contributed by atoms with Crippen LogP contribution >= 0.6 is 0 Å². The predicted molar refractivity (Wildman–Crippen MR) is 101 cm³/mol. The summed E-state index contributed by atoms with van der Waals surface area (Å²) >= 11 is 0. The van der Waals surface area contributed by atoms with Gasteiger partial charge in [-0.3, -0.25) is 10.1 Å². The molecule has 1 amide bonds. The molecule has 0 aliphatic heterocycles. The Bertz CT molecular complexity index is 653. The lowest BCUT2D eigenvalue weighted by Crippen LogP contribution is -2.45. The lowest BCUT2D eigenvalue weighted by molar-refractivity contribution is -0.123. The zero-order valence-corrected chi connectivity index (χ0v) is 16.9. The van der Waals surface area contributed by atoms with Crippen molar-refractivity contribution < 1.29 is 13.2 Å². The molecule has 6 nitrogen and oxygen atoms in total. The van der Waals surface area contributed by atoms with Crippen molar-refractivity contribution in [1.82, 2.24) is 14.9 Å². The number of nitrogens with one attached hydrogen (secondary N) is 2. The normalized spacial score (nSPS) is 14.6. The van der Waals surface area contributed by atoms with Crippen LogP contribution in [0.3, 0.4) is 0 Å². The monoisotopic (exact) mass is 369 g/mol. The van der Waals surface area contributed by atoms with E-state index in [0.717, 1.165) is 5.56 Å². The highest BCUT2D eigenvalue weighted by Gasteiger charge is 2.22. The van der Waals surface area contributed by atoms with Crippen LogP contribution in [0.1, 0.15) is 53.1 Å². The summed E-state index contributed by atoms with van der Waals surface area (Å²) in [6.45, 7) is 12.1. The summed E-state index contributed by atoms with van der Waals surface area (Å²) in [5, 5.41) is 6.10. The molecule has 0 heterocycles. The van der Waals surface area contributed by atoms with E-state index in [0.29, 0.717) is 13.1 Å². The number of rotatable bonds is 9. The minimum atomic E-state index is -3.44. The maximum absolute atomic E-state index is 12.5. The summed E-state index contributed by atoms with van der Waals surface area (Å²) < 4.78 is 26.4. The van der Waals surface area contributed by atoms with E-state index in [2.05, 4.69) is 10.6 Å². The molecule has 0 saturated heterocycles. The Morgan fingerprint density at radius 3 is 2.00 bits per heavy atom. The van der Waals surface area contributed by atoms with Crippen molar-refractivity contribution in [3.05, 3.63) is 29.8 Å². The second-order valence-corrected chi connectivity index (χ2v) is 8.37. The van der Waals surface area contributed by atoms with E-state index in [4.69, 9.17) is 0 Å². The maximum atomic E-state index is 12.5. The topological polar surface area (TPSA) is 78.5 Å². The number of carbonyl (C=O) groups is 1. The van der Waals surface area contributed by atoms with Crippen molar-refractivity contribution in [2.24, 2.45) is 0 Å². The highest BCUT2D eigenvalue weighted by atomic mass is 32.2. The Kier molecular flexibility index (Phi) is 8.05. The standard InChI is InChI=1S/C18H31N3O3S/c1-7-21(8-2)25(23,24)17-11-9-16(10-12-17)14(5)20-15(6)18(22)19-13(3)4/h9-15,20H,7-8H2,1-6H3,(H,19,22)/t14-,15-/m0/s1. The van der Waals surface area contributed by atoms with Crippen LogP contribution in [0.25, 0.3) is 0 Å². The molecule has 2 atom stereocenters. The van der Waals surface area contributed by atoms with Crippen LogP contribution in [0.4, 0.5) is 0 Å². The van der Waals surface area contributed by atoms with Crippen LogP contribution in [0.15, 0.2) is 29.2 Å². The fourth-order valence-electron chi connectivity index (χ4n) is 2.60. The fourth-order valence-corrected chi connectivity index (χ4v) is 4.06. The minimum absolute atomic E-state index is 0.0532. The number of hydrogen-bond acceptors (Lipinski definition) is 4. The van der Waals surface area contributed by atoms with Gasteiger partial charge in [-0.25, -0.2) is 8.42 Å². The molecule has 0 bridgehead atoms. The Hall–Kier alpha value is -1.44. The van der Waals surface area contributed by atoms with Crippen molar-refractivity contribution in [2.75, 3.05) is 13.1 Å². The fraction of sp³-hybridized carbons (Fsp3) is 0.611. The van der Waals surface area contributed by atoms with E-state index in [1.165, 1.54) is 4.31 Å². The third-order valence-electron chi connectivity index (χ3n) is 4.05. The number of amides is 1. The van der Waals surface area contributed by atoms with Gasteiger partial charge in [0.15, 0.2) is 0 Å². The van der Waals surface area contributed by atoms with E-state index in [-0.39, 0.29) is 28.9 Å². The molecule has 1 aromatic rings. The summed E-state index contributed by atoms with van der Waals surface area (Å²) in [4.78, 5) is 12.3. The molecule has 7 heteroatoms. The van der Waals surface area contributed by atoms with E-state index in [9.17, 15) is 13.2 Å². The number of nitrogens with zero attached hydrogens (tertiary/aromatic N) is 1. The minimum Gasteiger partial charge on any atom is -0.353 e. The molecular formula is C18H31N3O3S. The SMILES string of the molecule is CCN(CC)S(=O)(=O)c1ccc([C@H](C)N[C@@H](C)C(=O)NC(C)C)cc1. The molecular weight excluding hydrogens is 338 g/mol. The van der Waals surface area contributed by atoms with Gasteiger partial charge in [-0.2, -0.15) is 4.31 Å². The lowest BCUT2D eigenvalue weighted by atomic mass is 10.1. The van der Waals surface area contributed by atoms with E-state index in [1.807, 2.05) is 41.5 Å². The second-order valence-electron chi connectivity index (χ2n) is 6.43. The quantitative estimate of drug-likeness (QED) is 0.700. The molecule has 0 unspecified atom stereocenters. The van der Waals surface area contributed by atoms with Crippen molar-refractivity contribution >= 4 is 15.9 Å². The van der Waals surface area contributed by atoms with Gasteiger partial charge < -0.3 is 5.32 Å². The average molecular weight is 370 g/mol. The van der Waals surface area contributed by atoms with Gasteiger partial charge in [0.1, 0.15) is 0 Å². The van der Waals surface area contributed by atoms with Gasteiger partial charge in [0.25, 0.3) is 0 Å². The first-order chi connectivity index (χ1) is 11.6. The van der Waals surface area contributed by atoms with Crippen LogP contribution in [0, 0.1) is 0 Å². The van der Waals surface area contributed by atoms with Gasteiger partial charge in [-0.15, -0.1) is 0 Å².